The minimum Gasteiger partial charge on any atom is -0.360 e. The van der Waals surface area contributed by atoms with Crippen LogP contribution in [0, 0.1) is 5.92 Å². The summed E-state index contributed by atoms with van der Waals surface area (Å²) in [5.74, 6) is 0.571. The summed E-state index contributed by atoms with van der Waals surface area (Å²) in [6.45, 7) is 3.31. The molecule has 2 aromatic heterocycles. The topological polar surface area (TPSA) is 61.0 Å². The van der Waals surface area contributed by atoms with Gasteiger partial charge in [0.1, 0.15) is 5.69 Å². The second-order valence-electron chi connectivity index (χ2n) is 5.52. The number of fused-ring (bicyclic) bond motifs is 3. The van der Waals surface area contributed by atoms with Crippen LogP contribution in [-0.2, 0) is 0 Å². The molecule has 0 spiro atoms. The Morgan fingerprint density at radius 2 is 2.42 bits per heavy atom. The highest BCUT2D eigenvalue weighted by atomic mass is 16.2. The van der Waals surface area contributed by atoms with Crippen LogP contribution in [0.1, 0.15) is 16.9 Å². The van der Waals surface area contributed by atoms with E-state index in [0.717, 1.165) is 24.0 Å². The van der Waals surface area contributed by atoms with E-state index in [1.807, 2.05) is 18.3 Å². The minimum absolute atomic E-state index is 0.0538. The third-order valence-electron chi connectivity index (χ3n) is 4.32. The van der Waals surface area contributed by atoms with Crippen LogP contribution in [0.15, 0.2) is 24.5 Å². The Kier molecular flexibility index (Phi) is 2.35. The lowest BCUT2D eigenvalue weighted by molar-refractivity contribution is 0.0919. The molecule has 4 rings (SSSR count). The predicted octanol–water partition coefficient (Wildman–Crippen LogP) is 0.997. The lowest BCUT2D eigenvalue weighted by Crippen LogP contribution is -2.43. The van der Waals surface area contributed by atoms with Gasteiger partial charge in [0.2, 0.25) is 0 Å². The summed E-state index contributed by atoms with van der Waals surface area (Å²) in [5, 5.41) is 4.16. The zero-order chi connectivity index (χ0) is 12.8. The van der Waals surface area contributed by atoms with Crippen molar-refractivity contribution < 1.29 is 4.79 Å². The van der Waals surface area contributed by atoms with Crippen LogP contribution in [0.25, 0.3) is 10.9 Å². The molecule has 0 radical (unpaired) electrons. The molecule has 0 aliphatic carbocycles. The summed E-state index contributed by atoms with van der Waals surface area (Å²) >= 11 is 0. The molecule has 1 amide bonds. The Balaban J connectivity index is 1.53. The van der Waals surface area contributed by atoms with Crippen molar-refractivity contribution in [1.82, 2.24) is 20.2 Å². The molecule has 5 nitrogen and oxygen atoms in total. The van der Waals surface area contributed by atoms with Crippen LogP contribution in [0.4, 0.5) is 0 Å². The van der Waals surface area contributed by atoms with Gasteiger partial charge in [-0.05, 0) is 31.0 Å². The van der Waals surface area contributed by atoms with Gasteiger partial charge in [0, 0.05) is 30.7 Å². The van der Waals surface area contributed by atoms with Crippen LogP contribution < -0.4 is 5.32 Å². The highest BCUT2D eigenvalue weighted by Gasteiger charge is 2.38. The summed E-state index contributed by atoms with van der Waals surface area (Å²) in [6.07, 6.45) is 4.78. The van der Waals surface area contributed by atoms with Gasteiger partial charge >= 0.3 is 0 Å². The van der Waals surface area contributed by atoms with E-state index >= 15 is 0 Å². The van der Waals surface area contributed by atoms with E-state index in [1.54, 1.807) is 6.20 Å². The normalized spacial score (nSPS) is 28.9. The molecule has 2 N–H and O–H groups in total. The van der Waals surface area contributed by atoms with Crippen LogP contribution in [0.5, 0.6) is 0 Å². The van der Waals surface area contributed by atoms with Gasteiger partial charge in [0.05, 0.1) is 11.7 Å². The van der Waals surface area contributed by atoms with Gasteiger partial charge in [0.25, 0.3) is 5.91 Å². The van der Waals surface area contributed by atoms with Gasteiger partial charge in [0.15, 0.2) is 0 Å². The average molecular weight is 256 g/mol. The number of hydrogen-bond acceptors (Lipinski definition) is 3. The number of piperidine rings is 1. The van der Waals surface area contributed by atoms with Gasteiger partial charge in [-0.3, -0.25) is 4.79 Å². The lowest BCUT2D eigenvalue weighted by atomic mass is 10.00. The Morgan fingerprint density at radius 1 is 1.47 bits per heavy atom. The standard InChI is InChI=1S/C14H16N4O/c19-14(17-13-8-18-4-2-10(13)7-18)11-5-9-1-3-15-12(9)6-16-11/h1,3,5-6,10,13,15H,2,4,7-8H2,(H,17,19). The summed E-state index contributed by atoms with van der Waals surface area (Å²) in [4.78, 5) is 22.0. The maximum atomic E-state index is 12.2. The molecule has 4 heterocycles. The van der Waals surface area contributed by atoms with E-state index in [0.29, 0.717) is 17.7 Å². The minimum atomic E-state index is -0.0538. The van der Waals surface area contributed by atoms with Crippen molar-refractivity contribution in [1.29, 1.82) is 0 Å². The fourth-order valence-corrected chi connectivity index (χ4v) is 3.26. The maximum Gasteiger partial charge on any atom is 0.270 e. The van der Waals surface area contributed by atoms with Crippen molar-refractivity contribution in [2.45, 2.75) is 12.5 Å². The first-order valence-electron chi connectivity index (χ1n) is 6.76. The first-order chi connectivity index (χ1) is 9.29. The highest BCUT2D eigenvalue weighted by Crippen LogP contribution is 2.27. The van der Waals surface area contributed by atoms with E-state index in [4.69, 9.17) is 0 Å². The molecular formula is C14H16N4O. The van der Waals surface area contributed by atoms with Crippen molar-refractivity contribution in [2.75, 3.05) is 19.6 Å². The summed E-state index contributed by atoms with van der Waals surface area (Å²) in [6, 6.07) is 4.09. The van der Waals surface area contributed by atoms with Crippen molar-refractivity contribution in [3.05, 3.63) is 30.2 Å². The van der Waals surface area contributed by atoms with E-state index in [9.17, 15) is 4.79 Å². The first-order valence-corrected chi connectivity index (χ1v) is 6.76. The first kappa shape index (κ1) is 11.0. The summed E-state index contributed by atoms with van der Waals surface area (Å²) in [7, 11) is 0. The molecule has 19 heavy (non-hydrogen) atoms. The van der Waals surface area contributed by atoms with Crippen molar-refractivity contribution in [3.63, 3.8) is 0 Å². The van der Waals surface area contributed by atoms with Crippen LogP contribution in [0.3, 0.4) is 0 Å². The number of rotatable bonds is 2. The zero-order valence-electron chi connectivity index (χ0n) is 10.6. The molecule has 98 valence electrons. The lowest BCUT2D eigenvalue weighted by Gasteiger charge is -2.22. The number of pyridine rings is 1. The van der Waals surface area contributed by atoms with Crippen LogP contribution >= 0.6 is 0 Å². The molecule has 5 heteroatoms. The second-order valence-corrected chi connectivity index (χ2v) is 5.52. The average Bonchev–Trinajstić information content (AvgIpc) is 3.13. The number of hydrogen-bond donors (Lipinski definition) is 2. The number of carbonyl (C=O) groups is 1. The molecular weight excluding hydrogens is 240 g/mol. The highest BCUT2D eigenvalue weighted by molar-refractivity contribution is 5.96. The number of nitrogens with one attached hydrogen (secondary N) is 2. The van der Waals surface area contributed by atoms with E-state index in [2.05, 4.69) is 20.2 Å². The number of H-pyrrole nitrogens is 1. The van der Waals surface area contributed by atoms with E-state index in [1.165, 1.54) is 13.0 Å². The Morgan fingerprint density at radius 3 is 3.21 bits per heavy atom. The Hall–Kier alpha value is -1.88. The zero-order valence-corrected chi connectivity index (χ0v) is 10.6. The molecule has 3 unspecified atom stereocenters. The Bertz CT molecular complexity index is 635. The van der Waals surface area contributed by atoms with Crippen LogP contribution in [0.2, 0.25) is 0 Å². The quantitative estimate of drug-likeness (QED) is 0.842. The fraction of sp³-hybridized carbons (Fsp3) is 0.429. The number of amides is 1. The summed E-state index contributed by atoms with van der Waals surface area (Å²) < 4.78 is 0. The molecule has 2 fully saturated rings. The molecule has 2 aromatic rings. The van der Waals surface area contributed by atoms with E-state index < -0.39 is 0 Å². The van der Waals surface area contributed by atoms with Gasteiger partial charge in [-0.15, -0.1) is 0 Å². The molecule has 2 bridgehead atoms. The van der Waals surface area contributed by atoms with Crippen LogP contribution in [-0.4, -0.2) is 46.5 Å². The third-order valence-corrected chi connectivity index (χ3v) is 4.32. The van der Waals surface area contributed by atoms with Crippen molar-refractivity contribution in [3.8, 4) is 0 Å². The molecule has 0 saturated carbocycles. The maximum absolute atomic E-state index is 12.2. The van der Waals surface area contributed by atoms with Crippen molar-refractivity contribution in [2.24, 2.45) is 5.92 Å². The monoisotopic (exact) mass is 256 g/mol. The fourth-order valence-electron chi connectivity index (χ4n) is 3.26. The summed E-state index contributed by atoms with van der Waals surface area (Å²) in [5.41, 5.74) is 1.47. The number of carbonyl (C=O) groups excluding carboxylic acids is 1. The number of aromatic amines is 1. The number of aromatic nitrogens is 2. The second kappa shape index (κ2) is 4.06. The van der Waals surface area contributed by atoms with Gasteiger partial charge in [-0.25, -0.2) is 4.98 Å². The molecule has 3 atom stereocenters. The molecule has 0 aromatic carbocycles. The largest absolute Gasteiger partial charge is 0.360 e. The smallest absolute Gasteiger partial charge is 0.270 e. The molecule has 2 aliphatic rings. The predicted molar refractivity (Wildman–Crippen MR) is 71.9 cm³/mol. The molecule has 2 saturated heterocycles. The Labute approximate surface area is 111 Å². The van der Waals surface area contributed by atoms with Crippen molar-refractivity contribution >= 4 is 16.8 Å². The number of nitrogens with zero attached hydrogens (tertiary/aromatic N) is 2. The van der Waals surface area contributed by atoms with Gasteiger partial charge in [-0.1, -0.05) is 0 Å². The SMILES string of the molecule is O=C(NC1CN2CCC1C2)c1cc2cc[nH]c2cn1. The van der Waals surface area contributed by atoms with E-state index in [-0.39, 0.29) is 5.91 Å². The van der Waals surface area contributed by atoms with Gasteiger partial charge in [-0.2, -0.15) is 0 Å². The third kappa shape index (κ3) is 1.81. The molecule has 2 aliphatic heterocycles. The van der Waals surface area contributed by atoms with Gasteiger partial charge < -0.3 is 15.2 Å².